The lowest BCUT2D eigenvalue weighted by Crippen LogP contribution is -2.60. The van der Waals surface area contributed by atoms with Gasteiger partial charge in [0.05, 0.1) is 0 Å². The Balaban J connectivity index is 1.61. The van der Waals surface area contributed by atoms with E-state index in [2.05, 4.69) is 0 Å². The van der Waals surface area contributed by atoms with E-state index in [0.29, 0.717) is 25.7 Å². The van der Waals surface area contributed by atoms with Crippen LogP contribution in [0.2, 0.25) is 0 Å². The summed E-state index contributed by atoms with van der Waals surface area (Å²) in [6, 6.07) is 0. The van der Waals surface area contributed by atoms with Crippen molar-refractivity contribution in [3.63, 3.8) is 0 Å². The average Bonchev–Trinajstić information content (AvgIpc) is 3.20. The number of ether oxygens (including phenoxy) is 2. The Morgan fingerprint density at radius 2 is 1.50 bits per heavy atom. The van der Waals surface area contributed by atoms with Crippen LogP contribution in [0.4, 0.5) is 26.3 Å². The van der Waals surface area contributed by atoms with Crippen molar-refractivity contribution < 1.29 is 55.3 Å². The van der Waals surface area contributed by atoms with Gasteiger partial charge >= 0.3 is 30.3 Å². The van der Waals surface area contributed by atoms with E-state index in [-0.39, 0.29) is 61.2 Å². The number of halogens is 6. The summed E-state index contributed by atoms with van der Waals surface area (Å²) in [4.78, 5) is 34.8. The molecule has 0 radical (unpaired) electrons. The fourth-order valence-electron chi connectivity index (χ4n) is 9.37. The summed E-state index contributed by atoms with van der Waals surface area (Å²) in [7, 11) is 0. The Hall–Kier alpha value is -2.01. The van der Waals surface area contributed by atoms with Crippen LogP contribution in [-0.4, -0.2) is 47.6 Å². The molecule has 10 atom stereocenters. The number of rotatable bonds is 6. The van der Waals surface area contributed by atoms with Crippen LogP contribution in [0, 0.1) is 46.3 Å². The van der Waals surface area contributed by atoms with Gasteiger partial charge in [-0.1, -0.05) is 20.8 Å². The lowest BCUT2D eigenvalue weighted by Gasteiger charge is -2.62. The summed E-state index contributed by atoms with van der Waals surface area (Å²) < 4.78 is 88.5. The summed E-state index contributed by atoms with van der Waals surface area (Å²) >= 11 is 0. The van der Waals surface area contributed by atoms with Crippen LogP contribution < -0.4 is 0 Å². The fraction of sp³-hybridized carbons (Fsp3) is 0.893. The van der Waals surface area contributed by atoms with Gasteiger partial charge in [-0.3, -0.25) is 4.79 Å². The van der Waals surface area contributed by atoms with Gasteiger partial charge in [0.15, 0.2) is 0 Å². The van der Waals surface area contributed by atoms with Gasteiger partial charge in [-0.15, -0.1) is 0 Å². The zero-order chi connectivity index (χ0) is 29.8. The molecule has 0 amide bonds. The molecule has 0 aromatic carbocycles. The number of carbonyl (C=O) groups is 3. The van der Waals surface area contributed by atoms with E-state index >= 15 is 0 Å². The van der Waals surface area contributed by atoms with E-state index in [1.807, 2.05) is 20.8 Å². The molecule has 0 aromatic heterocycles. The maximum Gasteiger partial charge on any atom is 0.490 e. The molecule has 0 spiro atoms. The Morgan fingerprint density at radius 3 is 2.10 bits per heavy atom. The van der Waals surface area contributed by atoms with Crippen LogP contribution in [0.5, 0.6) is 0 Å². The summed E-state index contributed by atoms with van der Waals surface area (Å²) in [5, 5.41) is 9.18. The second kappa shape index (κ2) is 10.7. The molecule has 4 fully saturated rings. The Morgan fingerprint density at radius 1 is 0.875 bits per heavy atom. The molecule has 0 aliphatic heterocycles. The van der Waals surface area contributed by atoms with E-state index in [1.165, 1.54) is 0 Å². The van der Waals surface area contributed by atoms with Gasteiger partial charge in [-0.2, -0.15) is 26.3 Å². The summed E-state index contributed by atoms with van der Waals surface area (Å²) in [5.74, 6) is -5.70. The van der Waals surface area contributed by atoms with Crippen molar-refractivity contribution in [2.45, 2.75) is 110 Å². The Labute approximate surface area is 229 Å². The van der Waals surface area contributed by atoms with Crippen molar-refractivity contribution in [2.75, 3.05) is 0 Å². The number of esters is 2. The molecule has 12 heteroatoms. The number of fused-ring (bicyclic) bond motifs is 5. The highest BCUT2D eigenvalue weighted by atomic mass is 19.4. The molecule has 0 aromatic rings. The molecule has 4 aliphatic carbocycles. The second-order valence-corrected chi connectivity index (χ2v) is 13.0. The highest BCUT2D eigenvalue weighted by Gasteiger charge is 2.66. The SMILES string of the molecule is C[C@H](CCC(=O)O)[C@H]1CC[C@H]2[C@@H]3CCC4CC(OC(=O)C(F)(F)F)CC[C@]4(C)[C@H]3CC(OC(=O)C(F)(F)F)[C@]12C. The first-order valence-electron chi connectivity index (χ1n) is 14.2. The van der Waals surface area contributed by atoms with Gasteiger partial charge in [0.2, 0.25) is 0 Å². The third-order valence-electron chi connectivity index (χ3n) is 11.2. The first-order valence-corrected chi connectivity index (χ1v) is 14.2. The zero-order valence-electron chi connectivity index (χ0n) is 22.9. The van der Waals surface area contributed by atoms with Crippen molar-refractivity contribution in [3.05, 3.63) is 0 Å². The smallest absolute Gasteiger partial charge is 0.481 e. The van der Waals surface area contributed by atoms with Gasteiger partial charge in [0.25, 0.3) is 0 Å². The number of hydrogen-bond donors (Lipinski definition) is 1. The van der Waals surface area contributed by atoms with Crippen LogP contribution in [0.3, 0.4) is 0 Å². The van der Waals surface area contributed by atoms with Gasteiger partial charge < -0.3 is 14.6 Å². The molecule has 40 heavy (non-hydrogen) atoms. The predicted molar refractivity (Wildman–Crippen MR) is 129 cm³/mol. The van der Waals surface area contributed by atoms with E-state index in [1.54, 1.807) is 0 Å². The van der Waals surface area contributed by atoms with Crippen molar-refractivity contribution in [1.82, 2.24) is 0 Å². The molecule has 0 bridgehead atoms. The zero-order valence-corrected chi connectivity index (χ0v) is 22.9. The van der Waals surface area contributed by atoms with Crippen LogP contribution in [0.15, 0.2) is 0 Å². The summed E-state index contributed by atoms with van der Waals surface area (Å²) in [6.45, 7) is 5.85. The van der Waals surface area contributed by atoms with Crippen LogP contribution in [0.25, 0.3) is 0 Å². The summed E-state index contributed by atoms with van der Waals surface area (Å²) in [5.41, 5.74) is -1.18. The number of carbonyl (C=O) groups excluding carboxylic acids is 2. The van der Waals surface area contributed by atoms with E-state index < -0.39 is 53.3 Å². The summed E-state index contributed by atoms with van der Waals surface area (Å²) in [6.07, 6.45) is -7.82. The van der Waals surface area contributed by atoms with Crippen LogP contribution >= 0.6 is 0 Å². The lowest BCUT2D eigenvalue weighted by molar-refractivity contribution is -0.231. The maximum atomic E-state index is 13.4. The molecular formula is C28H38F6O6. The van der Waals surface area contributed by atoms with Gasteiger partial charge in [-0.25, -0.2) is 9.59 Å². The third kappa shape index (κ3) is 5.56. The predicted octanol–water partition coefficient (Wildman–Crippen LogP) is 6.70. The highest BCUT2D eigenvalue weighted by Crippen LogP contribution is 2.69. The molecule has 3 unspecified atom stereocenters. The first-order chi connectivity index (χ1) is 18.4. The third-order valence-corrected chi connectivity index (χ3v) is 11.2. The van der Waals surface area contributed by atoms with Crippen molar-refractivity contribution >= 4 is 17.9 Å². The largest absolute Gasteiger partial charge is 0.490 e. The van der Waals surface area contributed by atoms with Gasteiger partial charge in [0, 0.05) is 11.8 Å². The first kappa shape index (κ1) is 30.9. The molecule has 228 valence electrons. The van der Waals surface area contributed by atoms with Crippen molar-refractivity contribution in [2.24, 2.45) is 46.3 Å². The van der Waals surface area contributed by atoms with Crippen LogP contribution in [-0.2, 0) is 23.9 Å². The van der Waals surface area contributed by atoms with E-state index in [9.17, 15) is 45.8 Å². The van der Waals surface area contributed by atoms with Gasteiger partial charge in [-0.05, 0) is 98.7 Å². The standard InChI is InChI=1S/C28H38F6O6/c1-14(4-9-22(35)36)18-7-8-19-17-6-5-15-12-16(39-23(37)27(29,30)31)10-11-25(15,2)20(17)13-21(26(18,19)3)40-24(38)28(32,33)34/h14-21H,4-13H2,1-3H3,(H,35,36)/t14-,15?,16?,17+,18-,19+,20+,21?,25+,26-/m1/s1. The number of hydrogen-bond acceptors (Lipinski definition) is 5. The molecule has 1 N–H and O–H groups in total. The van der Waals surface area contributed by atoms with Gasteiger partial charge in [0.1, 0.15) is 12.2 Å². The second-order valence-electron chi connectivity index (χ2n) is 13.0. The molecule has 6 nitrogen and oxygen atoms in total. The van der Waals surface area contributed by atoms with E-state index in [0.717, 1.165) is 12.8 Å². The number of alkyl halides is 6. The normalized spacial score (nSPS) is 40.3. The minimum Gasteiger partial charge on any atom is -0.481 e. The van der Waals surface area contributed by atoms with Crippen LogP contribution in [0.1, 0.15) is 85.0 Å². The number of carboxylic acids is 1. The maximum absolute atomic E-state index is 13.4. The minimum absolute atomic E-state index is 0.0342. The van der Waals surface area contributed by atoms with Crippen molar-refractivity contribution in [1.29, 1.82) is 0 Å². The number of aliphatic carboxylic acids is 1. The molecule has 0 heterocycles. The molecule has 0 saturated heterocycles. The molecule has 4 aliphatic rings. The van der Waals surface area contributed by atoms with E-state index in [4.69, 9.17) is 9.47 Å². The molecule has 4 saturated carbocycles. The Bertz CT molecular complexity index is 997. The average molecular weight is 585 g/mol. The van der Waals surface area contributed by atoms with Crippen molar-refractivity contribution in [3.8, 4) is 0 Å². The lowest BCUT2D eigenvalue weighted by atomic mass is 9.43. The quantitative estimate of drug-likeness (QED) is 0.276. The minimum atomic E-state index is -5.16. The number of carboxylic acid groups (broad SMARTS) is 1. The Kier molecular flexibility index (Phi) is 8.26. The molecule has 4 rings (SSSR count). The molecular weight excluding hydrogens is 546 g/mol. The highest BCUT2D eigenvalue weighted by molar-refractivity contribution is 5.76. The monoisotopic (exact) mass is 584 g/mol. The topological polar surface area (TPSA) is 89.9 Å². The fourth-order valence-corrected chi connectivity index (χ4v) is 9.37.